The zero-order valence-electron chi connectivity index (χ0n) is 11.9. The second kappa shape index (κ2) is 6.33. The molecule has 21 heavy (non-hydrogen) atoms. The molecule has 1 aromatic carbocycles. The van der Waals surface area contributed by atoms with Crippen LogP contribution < -0.4 is 14.8 Å². The predicted molar refractivity (Wildman–Crippen MR) is 81.7 cm³/mol. The van der Waals surface area contributed by atoms with E-state index in [0.717, 1.165) is 24.2 Å². The monoisotopic (exact) mass is 304 g/mol. The maximum atomic E-state index is 6.17. The standard InChI is InChI=1S/C16H17ClN2O2/c1-2-12-4-3-5-19-14(12)9-18-8-11-6-13(17)16-15(7-11)20-10-21-16/h3-7,18H,2,8-10H2,1H3. The van der Waals surface area contributed by atoms with Crippen molar-refractivity contribution in [2.24, 2.45) is 0 Å². The van der Waals surface area contributed by atoms with Crippen LogP contribution in [0.4, 0.5) is 0 Å². The summed E-state index contributed by atoms with van der Waals surface area (Å²) in [6, 6.07) is 7.95. The van der Waals surface area contributed by atoms with Gasteiger partial charge in [-0.05, 0) is 35.7 Å². The van der Waals surface area contributed by atoms with Gasteiger partial charge < -0.3 is 14.8 Å². The first-order valence-corrected chi connectivity index (χ1v) is 7.37. The van der Waals surface area contributed by atoms with E-state index in [-0.39, 0.29) is 6.79 Å². The van der Waals surface area contributed by atoms with Crippen LogP contribution in [-0.2, 0) is 19.5 Å². The Morgan fingerprint density at radius 1 is 1.29 bits per heavy atom. The molecular formula is C16H17ClN2O2. The number of pyridine rings is 1. The Morgan fingerprint density at radius 2 is 2.19 bits per heavy atom. The summed E-state index contributed by atoms with van der Waals surface area (Å²) >= 11 is 6.17. The van der Waals surface area contributed by atoms with Crippen LogP contribution in [0.3, 0.4) is 0 Å². The van der Waals surface area contributed by atoms with Crippen molar-refractivity contribution in [1.82, 2.24) is 10.3 Å². The SMILES string of the molecule is CCc1cccnc1CNCc1cc(Cl)c2c(c1)OCO2. The van der Waals surface area contributed by atoms with Crippen LogP contribution in [0.1, 0.15) is 23.7 Å². The topological polar surface area (TPSA) is 43.4 Å². The number of benzene rings is 1. The van der Waals surface area contributed by atoms with Crippen LogP contribution in [0.5, 0.6) is 11.5 Å². The zero-order valence-corrected chi connectivity index (χ0v) is 12.6. The molecule has 0 saturated carbocycles. The lowest BCUT2D eigenvalue weighted by Crippen LogP contribution is -2.15. The molecule has 0 atom stereocenters. The summed E-state index contributed by atoms with van der Waals surface area (Å²) in [5, 5.41) is 3.99. The Kier molecular flexibility index (Phi) is 4.27. The molecule has 0 unspecified atom stereocenters. The Bertz CT molecular complexity index is 646. The summed E-state index contributed by atoms with van der Waals surface area (Å²) < 4.78 is 10.7. The lowest BCUT2D eigenvalue weighted by molar-refractivity contribution is 0.174. The number of aromatic nitrogens is 1. The van der Waals surface area contributed by atoms with Crippen molar-refractivity contribution in [3.63, 3.8) is 0 Å². The van der Waals surface area contributed by atoms with E-state index in [0.29, 0.717) is 23.1 Å². The maximum absolute atomic E-state index is 6.17. The third-order valence-corrected chi connectivity index (χ3v) is 3.75. The Hall–Kier alpha value is -1.78. The molecule has 110 valence electrons. The average molecular weight is 305 g/mol. The molecule has 0 bridgehead atoms. The minimum atomic E-state index is 0.236. The van der Waals surface area contributed by atoms with Crippen LogP contribution in [0.2, 0.25) is 5.02 Å². The molecule has 2 heterocycles. The van der Waals surface area contributed by atoms with Crippen molar-refractivity contribution < 1.29 is 9.47 Å². The molecule has 0 fully saturated rings. The smallest absolute Gasteiger partial charge is 0.231 e. The summed E-state index contributed by atoms with van der Waals surface area (Å²) in [4.78, 5) is 4.42. The molecule has 4 nitrogen and oxygen atoms in total. The molecule has 0 radical (unpaired) electrons. The van der Waals surface area contributed by atoms with Gasteiger partial charge in [-0.2, -0.15) is 0 Å². The van der Waals surface area contributed by atoms with Gasteiger partial charge in [0.25, 0.3) is 0 Å². The fraction of sp³-hybridized carbons (Fsp3) is 0.312. The third kappa shape index (κ3) is 3.12. The Labute approximate surface area is 129 Å². The number of aryl methyl sites for hydroxylation is 1. The molecular weight excluding hydrogens is 288 g/mol. The van der Waals surface area contributed by atoms with Crippen molar-refractivity contribution in [2.45, 2.75) is 26.4 Å². The second-order valence-electron chi connectivity index (χ2n) is 4.88. The van der Waals surface area contributed by atoms with Gasteiger partial charge in [-0.3, -0.25) is 4.98 Å². The van der Waals surface area contributed by atoms with Gasteiger partial charge in [-0.25, -0.2) is 0 Å². The van der Waals surface area contributed by atoms with Gasteiger partial charge >= 0.3 is 0 Å². The normalized spacial score (nSPS) is 12.7. The summed E-state index contributed by atoms with van der Waals surface area (Å²) in [5.74, 6) is 1.35. The van der Waals surface area contributed by atoms with Gasteiger partial charge in [-0.1, -0.05) is 24.6 Å². The van der Waals surface area contributed by atoms with Crippen LogP contribution in [-0.4, -0.2) is 11.8 Å². The fourth-order valence-corrected chi connectivity index (χ4v) is 2.69. The molecule has 1 N–H and O–H groups in total. The van der Waals surface area contributed by atoms with E-state index in [1.165, 1.54) is 5.56 Å². The number of nitrogens with zero attached hydrogens (tertiary/aromatic N) is 1. The summed E-state index contributed by atoms with van der Waals surface area (Å²) in [5.41, 5.74) is 3.43. The van der Waals surface area contributed by atoms with E-state index >= 15 is 0 Å². The summed E-state index contributed by atoms with van der Waals surface area (Å²) in [7, 11) is 0. The Balaban J connectivity index is 1.65. The van der Waals surface area contributed by atoms with E-state index in [1.54, 1.807) is 0 Å². The van der Waals surface area contributed by atoms with Crippen molar-refractivity contribution in [1.29, 1.82) is 0 Å². The van der Waals surface area contributed by atoms with Crippen molar-refractivity contribution in [3.05, 3.63) is 52.3 Å². The highest BCUT2D eigenvalue weighted by atomic mass is 35.5. The molecule has 0 aliphatic carbocycles. The number of rotatable bonds is 5. The van der Waals surface area contributed by atoms with Gasteiger partial charge in [-0.15, -0.1) is 0 Å². The van der Waals surface area contributed by atoms with Crippen LogP contribution >= 0.6 is 11.6 Å². The van der Waals surface area contributed by atoms with Crippen molar-refractivity contribution >= 4 is 11.6 Å². The molecule has 1 aliphatic heterocycles. The largest absolute Gasteiger partial charge is 0.454 e. The zero-order chi connectivity index (χ0) is 14.7. The molecule has 0 amide bonds. The molecule has 1 aromatic heterocycles. The van der Waals surface area contributed by atoms with E-state index in [1.807, 2.05) is 24.4 Å². The maximum Gasteiger partial charge on any atom is 0.231 e. The second-order valence-corrected chi connectivity index (χ2v) is 5.28. The van der Waals surface area contributed by atoms with Gasteiger partial charge in [0.05, 0.1) is 10.7 Å². The van der Waals surface area contributed by atoms with Gasteiger partial charge in [0, 0.05) is 19.3 Å². The van der Waals surface area contributed by atoms with Crippen molar-refractivity contribution in [2.75, 3.05) is 6.79 Å². The van der Waals surface area contributed by atoms with Crippen molar-refractivity contribution in [3.8, 4) is 11.5 Å². The molecule has 5 heteroatoms. The van der Waals surface area contributed by atoms with Gasteiger partial charge in [0.2, 0.25) is 6.79 Å². The fourth-order valence-electron chi connectivity index (χ4n) is 2.40. The molecule has 1 aliphatic rings. The number of fused-ring (bicyclic) bond motifs is 1. The summed E-state index contributed by atoms with van der Waals surface area (Å²) in [6.45, 7) is 3.81. The highest BCUT2D eigenvalue weighted by Gasteiger charge is 2.18. The number of hydrogen-bond donors (Lipinski definition) is 1. The van der Waals surface area contributed by atoms with Crippen LogP contribution in [0.15, 0.2) is 30.5 Å². The van der Waals surface area contributed by atoms with Crippen LogP contribution in [0.25, 0.3) is 0 Å². The molecule has 0 spiro atoms. The highest BCUT2D eigenvalue weighted by molar-refractivity contribution is 6.32. The predicted octanol–water partition coefficient (Wildman–Crippen LogP) is 3.32. The lowest BCUT2D eigenvalue weighted by Gasteiger charge is -2.09. The first-order valence-electron chi connectivity index (χ1n) is 6.99. The van der Waals surface area contributed by atoms with E-state index in [4.69, 9.17) is 21.1 Å². The minimum Gasteiger partial charge on any atom is -0.454 e. The third-order valence-electron chi connectivity index (χ3n) is 3.47. The Morgan fingerprint density at radius 3 is 3.05 bits per heavy atom. The molecule has 3 rings (SSSR count). The average Bonchev–Trinajstić information content (AvgIpc) is 2.97. The summed E-state index contributed by atoms with van der Waals surface area (Å²) in [6.07, 6.45) is 2.81. The number of hydrogen-bond acceptors (Lipinski definition) is 4. The molecule has 0 saturated heterocycles. The van der Waals surface area contributed by atoms with Crippen LogP contribution in [0, 0.1) is 0 Å². The van der Waals surface area contributed by atoms with E-state index in [2.05, 4.69) is 23.3 Å². The number of halogens is 1. The number of nitrogens with one attached hydrogen (secondary N) is 1. The lowest BCUT2D eigenvalue weighted by atomic mass is 10.1. The van der Waals surface area contributed by atoms with E-state index < -0.39 is 0 Å². The minimum absolute atomic E-state index is 0.236. The van der Waals surface area contributed by atoms with E-state index in [9.17, 15) is 0 Å². The quantitative estimate of drug-likeness (QED) is 0.920. The van der Waals surface area contributed by atoms with Gasteiger partial charge in [0.1, 0.15) is 0 Å². The molecule has 2 aromatic rings. The number of ether oxygens (including phenoxy) is 2. The van der Waals surface area contributed by atoms with Gasteiger partial charge in [0.15, 0.2) is 11.5 Å². The first-order chi connectivity index (χ1) is 10.3. The highest BCUT2D eigenvalue weighted by Crippen LogP contribution is 2.39. The first kappa shape index (κ1) is 14.2.